The molecule has 0 aliphatic heterocycles. The van der Waals surface area contributed by atoms with Crippen molar-refractivity contribution in [1.82, 2.24) is 8.97 Å². The van der Waals surface area contributed by atoms with Crippen molar-refractivity contribution >= 4 is 65.5 Å². The van der Waals surface area contributed by atoms with Gasteiger partial charge in [0.15, 0.2) is 0 Å². The summed E-state index contributed by atoms with van der Waals surface area (Å²) in [5.74, 6) is 0. The second-order valence-corrected chi connectivity index (χ2v) is 11.0. The van der Waals surface area contributed by atoms with E-state index in [0.29, 0.717) is 0 Å². The molecule has 0 atom stereocenters. The zero-order valence-corrected chi connectivity index (χ0v) is 24.0. The lowest BCUT2D eigenvalue weighted by Crippen LogP contribution is -2.01. The molecular formula is C41H30N2. The summed E-state index contributed by atoms with van der Waals surface area (Å²) in [6.45, 7) is 5.96. The van der Waals surface area contributed by atoms with Crippen LogP contribution in [-0.4, -0.2) is 8.97 Å². The van der Waals surface area contributed by atoms with Gasteiger partial charge in [-0.15, -0.1) is 0 Å². The third-order valence-corrected chi connectivity index (χ3v) is 8.58. The highest BCUT2D eigenvalue weighted by atomic mass is 15.0. The largest absolute Gasteiger partial charge is 0.308 e. The molecule has 0 spiro atoms. The van der Waals surface area contributed by atoms with Crippen LogP contribution in [0.15, 0.2) is 158 Å². The van der Waals surface area contributed by atoms with E-state index in [2.05, 4.69) is 161 Å². The Kier molecular flexibility index (Phi) is 5.87. The van der Waals surface area contributed by atoms with Crippen molar-refractivity contribution in [3.8, 4) is 5.69 Å². The van der Waals surface area contributed by atoms with E-state index in [0.717, 1.165) is 33.4 Å². The van der Waals surface area contributed by atoms with Gasteiger partial charge >= 0.3 is 0 Å². The minimum absolute atomic E-state index is 1.11. The highest BCUT2D eigenvalue weighted by Crippen LogP contribution is 2.40. The number of hydrogen-bond acceptors (Lipinski definition) is 0. The number of benzene rings is 6. The van der Waals surface area contributed by atoms with Crippen LogP contribution in [0.2, 0.25) is 0 Å². The van der Waals surface area contributed by atoms with E-state index >= 15 is 0 Å². The molecule has 0 aliphatic carbocycles. The Labute approximate surface area is 250 Å². The fourth-order valence-electron chi connectivity index (χ4n) is 6.81. The third kappa shape index (κ3) is 3.80. The first-order chi connectivity index (χ1) is 21.3. The molecule has 0 bridgehead atoms. The van der Waals surface area contributed by atoms with E-state index < -0.39 is 0 Å². The van der Waals surface area contributed by atoms with Gasteiger partial charge < -0.3 is 8.97 Å². The van der Waals surface area contributed by atoms with Crippen LogP contribution in [0.1, 0.15) is 12.5 Å². The van der Waals surface area contributed by atoms with Crippen LogP contribution >= 0.6 is 0 Å². The Hall–Kier alpha value is -5.60. The maximum atomic E-state index is 3.92. The maximum Gasteiger partial charge on any atom is 0.0703 e. The monoisotopic (exact) mass is 550 g/mol. The first-order valence-electron chi connectivity index (χ1n) is 14.8. The molecule has 204 valence electrons. The Morgan fingerprint density at radius 2 is 1.26 bits per heavy atom. The van der Waals surface area contributed by atoms with Gasteiger partial charge in [-0.2, -0.15) is 0 Å². The van der Waals surface area contributed by atoms with Gasteiger partial charge in [0.05, 0.1) is 27.6 Å². The molecule has 0 aliphatic rings. The Morgan fingerprint density at radius 1 is 0.581 bits per heavy atom. The minimum Gasteiger partial charge on any atom is -0.308 e. The van der Waals surface area contributed by atoms with Gasteiger partial charge in [0.2, 0.25) is 0 Å². The summed E-state index contributed by atoms with van der Waals surface area (Å²) in [6, 6.07) is 46.5. The van der Waals surface area contributed by atoms with Gasteiger partial charge in [0, 0.05) is 27.2 Å². The minimum atomic E-state index is 1.11. The molecule has 2 aromatic heterocycles. The van der Waals surface area contributed by atoms with Crippen LogP contribution in [0.5, 0.6) is 0 Å². The van der Waals surface area contributed by atoms with Crippen molar-refractivity contribution in [2.24, 2.45) is 0 Å². The summed E-state index contributed by atoms with van der Waals surface area (Å²) in [7, 11) is 0. The number of para-hydroxylation sites is 4. The summed E-state index contributed by atoms with van der Waals surface area (Å²) in [5.41, 5.74) is 9.32. The molecule has 0 amide bonds. The summed E-state index contributed by atoms with van der Waals surface area (Å²) in [4.78, 5) is 0. The van der Waals surface area contributed by atoms with E-state index in [4.69, 9.17) is 0 Å². The molecule has 8 aromatic rings. The average Bonchev–Trinajstić information content (AvgIpc) is 3.40. The van der Waals surface area contributed by atoms with E-state index in [1.807, 2.05) is 13.0 Å². The van der Waals surface area contributed by atoms with Crippen LogP contribution in [0, 0.1) is 0 Å². The number of nitrogens with zero attached hydrogens (tertiary/aromatic N) is 2. The molecule has 0 N–H and O–H groups in total. The number of rotatable bonds is 4. The Morgan fingerprint density at radius 3 is 2.05 bits per heavy atom. The Bertz CT molecular complexity index is 2460. The van der Waals surface area contributed by atoms with Crippen LogP contribution < -0.4 is 0 Å². The Balaban J connectivity index is 1.60. The molecule has 2 heterocycles. The number of aromatic nitrogens is 2. The second-order valence-electron chi connectivity index (χ2n) is 11.0. The third-order valence-electron chi connectivity index (χ3n) is 8.58. The van der Waals surface area contributed by atoms with Gasteiger partial charge in [-0.25, -0.2) is 0 Å². The molecule has 6 aromatic carbocycles. The van der Waals surface area contributed by atoms with Crippen molar-refractivity contribution in [2.75, 3.05) is 0 Å². The van der Waals surface area contributed by atoms with Gasteiger partial charge in [-0.1, -0.05) is 122 Å². The van der Waals surface area contributed by atoms with Crippen molar-refractivity contribution in [3.63, 3.8) is 0 Å². The molecule has 0 fully saturated rings. The smallest absolute Gasteiger partial charge is 0.0703 e. The van der Waals surface area contributed by atoms with Gasteiger partial charge in [-0.3, -0.25) is 0 Å². The maximum absolute atomic E-state index is 3.92. The number of hydrogen-bond donors (Lipinski definition) is 0. The van der Waals surface area contributed by atoms with Gasteiger partial charge in [0.25, 0.3) is 0 Å². The summed E-state index contributed by atoms with van der Waals surface area (Å²) in [6.07, 6.45) is 8.09. The quantitative estimate of drug-likeness (QED) is 0.193. The van der Waals surface area contributed by atoms with Gasteiger partial charge in [0.1, 0.15) is 0 Å². The molecule has 8 rings (SSSR count). The predicted octanol–water partition coefficient (Wildman–Crippen LogP) is 11.2. The second kappa shape index (κ2) is 10.0. The summed E-state index contributed by atoms with van der Waals surface area (Å²) < 4.78 is 4.89. The SMILES string of the molecule is C=C/C=C(\C=C/C)c1ccc(-n2c3ccccc3c3cccc4c5c6ccccc6ccc5n(c5ccccc52)c34)cc1. The molecule has 2 heteroatoms. The van der Waals surface area contributed by atoms with E-state index in [-0.39, 0.29) is 0 Å². The van der Waals surface area contributed by atoms with Crippen molar-refractivity contribution in [1.29, 1.82) is 0 Å². The zero-order valence-electron chi connectivity index (χ0n) is 24.0. The first kappa shape index (κ1) is 25.1. The van der Waals surface area contributed by atoms with Crippen molar-refractivity contribution in [3.05, 3.63) is 164 Å². The fraction of sp³-hybridized carbons (Fsp3) is 0.0244. The zero-order chi connectivity index (χ0) is 28.9. The topological polar surface area (TPSA) is 9.34 Å². The van der Waals surface area contributed by atoms with Crippen LogP contribution in [0.4, 0.5) is 0 Å². The molecular weight excluding hydrogens is 520 g/mol. The average molecular weight is 551 g/mol. The molecule has 0 radical (unpaired) electrons. The van der Waals surface area contributed by atoms with E-state index in [1.165, 1.54) is 43.4 Å². The number of fused-ring (bicyclic) bond motifs is 9. The molecule has 0 saturated carbocycles. The van der Waals surface area contributed by atoms with Crippen molar-refractivity contribution < 1.29 is 0 Å². The summed E-state index contributed by atoms with van der Waals surface area (Å²) >= 11 is 0. The lowest BCUT2D eigenvalue weighted by Gasteiger charge is -2.17. The molecule has 0 saturated heterocycles. The highest BCUT2D eigenvalue weighted by Gasteiger charge is 2.17. The van der Waals surface area contributed by atoms with E-state index in [9.17, 15) is 0 Å². The van der Waals surface area contributed by atoms with Crippen LogP contribution in [0.25, 0.3) is 71.2 Å². The van der Waals surface area contributed by atoms with E-state index in [1.54, 1.807) is 0 Å². The standard InChI is InChI=1S/C41H30N2/c1-3-12-28(13-4-2)29-22-25-31(26-23-29)42-36-19-8-7-16-33(36)34-17-11-18-35-40-32-15-6-5-14-30(32)24-27-39(40)43(41(34)35)38-21-10-9-20-37(38)42/h3-27H,1H2,2H3/b13-4-,28-12+. The van der Waals surface area contributed by atoms with Crippen LogP contribution in [0.3, 0.4) is 0 Å². The first-order valence-corrected chi connectivity index (χ1v) is 14.8. The lowest BCUT2D eigenvalue weighted by atomic mass is 10.0. The lowest BCUT2D eigenvalue weighted by molar-refractivity contribution is 1.16. The molecule has 0 unspecified atom stereocenters. The molecule has 43 heavy (non-hydrogen) atoms. The normalized spacial score (nSPS) is 12.4. The highest BCUT2D eigenvalue weighted by molar-refractivity contribution is 6.26. The van der Waals surface area contributed by atoms with Gasteiger partial charge in [-0.05, 0) is 65.2 Å². The van der Waals surface area contributed by atoms with Crippen LogP contribution in [-0.2, 0) is 0 Å². The number of allylic oxidation sites excluding steroid dienone is 5. The fourth-order valence-corrected chi connectivity index (χ4v) is 6.81. The summed E-state index contributed by atoms with van der Waals surface area (Å²) in [5, 5.41) is 7.55. The predicted molar refractivity (Wildman–Crippen MR) is 186 cm³/mol. The van der Waals surface area contributed by atoms with Crippen molar-refractivity contribution in [2.45, 2.75) is 6.92 Å². The molecule has 2 nitrogen and oxygen atoms in total.